The molecule has 0 aromatic carbocycles. The molecule has 2 rings (SSSR count). The SMILES string of the molecule is CC1CCN1CCNC1CCCCCC1. The molecule has 2 aliphatic rings. The summed E-state index contributed by atoms with van der Waals surface area (Å²) in [5, 5.41) is 3.74. The Kier molecular flexibility index (Phi) is 4.45. The average molecular weight is 210 g/mol. The Hall–Kier alpha value is -0.0800. The van der Waals surface area contributed by atoms with Crippen molar-refractivity contribution in [2.24, 2.45) is 0 Å². The average Bonchev–Trinajstić information content (AvgIpc) is 2.50. The molecule has 1 atom stereocenters. The van der Waals surface area contributed by atoms with Crippen LogP contribution >= 0.6 is 0 Å². The van der Waals surface area contributed by atoms with Crippen molar-refractivity contribution in [2.75, 3.05) is 19.6 Å². The Labute approximate surface area is 94.4 Å². The molecule has 2 fully saturated rings. The summed E-state index contributed by atoms with van der Waals surface area (Å²) in [4.78, 5) is 2.59. The summed E-state index contributed by atoms with van der Waals surface area (Å²) in [7, 11) is 0. The van der Waals surface area contributed by atoms with Crippen LogP contribution in [0.3, 0.4) is 0 Å². The molecular weight excluding hydrogens is 184 g/mol. The van der Waals surface area contributed by atoms with E-state index in [0.717, 1.165) is 12.1 Å². The van der Waals surface area contributed by atoms with Crippen LogP contribution in [-0.2, 0) is 0 Å². The number of nitrogens with zero attached hydrogens (tertiary/aromatic N) is 1. The molecule has 1 aliphatic heterocycles. The van der Waals surface area contributed by atoms with Gasteiger partial charge in [0.25, 0.3) is 0 Å². The van der Waals surface area contributed by atoms with Gasteiger partial charge >= 0.3 is 0 Å². The molecule has 1 N–H and O–H groups in total. The summed E-state index contributed by atoms with van der Waals surface area (Å²) in [6, 6.07) is 1.67. The zero-order valence-electron chi connectivity index (χ0n) is 10.2. The Balaban J connectivity index is 1.56. The largest absolute Gasteiger partial charge is 0.313 e. The highest BCUT2D eigenvalue weighted by Crippen LogP contribution is 2.18. The molecule has 1 aliphatic carbocycles. The van der Waals surface area contributed by atoms with Crippen LogP contribution in [0.15, 0.2) is 0 Å². The standard InChI is InChI=1S/C13H26N2/c1-12-8-10-15(12)11-9-14-13-6-4-2-3-5-7-13/h12-14H,2-11H2,1H3. The van der Waals surface area contributed by atoms with E-state index < -0.39 is 0 Å². The number of hydrogen-bond acceptors (Lipinski definition) is 2. The third-order valence-corrected chi connectivity index (χ3v) is 4.14. The fourth-order valence-electron chi connectivity index (χ4n) is 2.80. The van der Waals surface area contributed by atoms with E-state index in [2.05, 4.69) is 17.1 Å². The molecule has 1 saturated heterocycles. The molecule has 15 heavy (non-hydrogen) atoms. The van der Waals surface area contributed by atoms with E-state index in [9.17, 15) is 0 Å². The highest BCUT2D eigenvalue weighted by Gasteiger charge is 2.22. The van der Waals surface area contributed by atoms with Crippen molar-refractivity contribution in [3.05, 3.63) is 0 Å². The van der Waals surface area contributed by atoms with Gasteiger partial charge in [-0.05, 0) is 32.7 Å². The first-order valence-corrected chi connectivity index (χ1v) is 6.83. The third-order valence-electron chi connectivity index (χ3n) is 4.14. The summed E-state index contributed by atoms with van der Waals surface area (Å²) in [6.07, 6.45) is 10.0. The van der Waals surface area contributed by atoms with Crippen LogP contribution in [0.4, 0.5) is 0 Å². The second-order valence-electron chi connectivity index (χ2n) is 5.32. The monoisotopic (exact) mass is 210 g/mol. The van der Waals surface area contributed by atoms with Crippen molar-refractivity contribution < 1.29 is 0 Å². The number of hydrogen-bond donors (Lipinski definition) is 1. The van der Waals surface area contributed by atoms with E-state index >= 15 is 0 Å². The second-order valence-corrected chi connectivity index (χ2v) is 5.32. The maximum atomic E-state index is 3.74. The predicted octanol–water partition coefficient (Wildman–Crippen LogP) is 2.39. The van der Waals surface area contributed by atoms with Crippen molar-refractivity contribution in [2.45, 2.75) is 64.0 Å². The van der Waals surface area contributed by atoms with Gasteiger partial charge in [-0.2, -0.15) is 0 Å². The molecule has 1 heterocycles. The summed E-state index contributed by atoms with van der Waals surface area (Å²) >= 11 is 0. The Morgan fingerprint density at radius 3 is 2.33 bits per heavy atom. The second kappa shape index (κ2) is 5.86. The van der Waals surface area contributed by atoms with Crippen molar-refractivity contribution in [1.82, 2.24) is 10.2 Å². The summed E-state index contributed by atoms with van der Waals surface area (Å²) in [6.45, 7) is 6.13. The fraction of sp³-hybridized carbons (Fsp3) is 1.00. The zero-order chi connectivity index (χ0) is 10.5. The van der Waals surface area contributed by atoms with Gasteiger partial charge in [0.1, 0.15) is 0 Å². The van der Waals surface area contributed by atoms with Crippen LogP contribution in [0, 0.1) is 0 Å². The molecule has 0 bridgehead atoms. The topological polar surface area (TPSA) is 15.3 Å². The maximum absolute atomic E-state index is 3.74. The molecule has 0 radical (unpaired) electrons. The minimum atomic E-state index is 0.823. The van der Waals surface area contributed by atoms with Gasteiger partial charge in [-0.15, -0.1) is 0 Å². The van der Waals surface area contributed by atoms with Crippen molar-refractivity contribution in [1.29, 1.82) is 0 Å². The van der Waals surface area contributed by atoms with E-state index in [-0.39, 0.29) is 0 Å². The van der Waals surface area contributed by atoms with E-state index in [0.29, 0.717) is 0 Å². The molecule has 1 unspecified atom stereocenters. The van der Waals surface area contributed by atoms with Gasteiger partial charge in [0.05, 0.1) is 0 Å². The lowest BCUT2D eigenvalue weighted by atomic mass is 10.1. The van der Waals surface area contributed by atoms with Gasteiger partial charge in [0.2, 0.25) is 0 Å². The van der Waals surface area contributed by atoms with Gasteiger partial charge in [-0.1, -0.05) is 25.7 Å². The summed E-state index contributed by atoms with van der Waals surface area (Å²) in [5.41, 5.74) is 0. The lowest BCUT2D eigenvalue weighted by Crippen LogP contribution is -2.49. The minimum absolute atomic E-state index is 0.823. The van der Waals surface area contributed by atoms with E-state index in [1.807, 2.05) is 0 Å². The van der Waals surface area contributed by atoms with Crippen molar-refractivity contribution in [3.8, 4) is 0 Å². The highest BCUT2D eigenvalue weighted by molar-refractivity contribution is 4.79. The normalized spacial score (nSPS) is 29.8. The van der Waals surface area contributed by atoms with Crippen LogP contribution in [0.5, 0.6) is 0 Å². The Bertz CT molecular complexity index is 173. The van der Waals surface area contributed by atoms with Crippen molar-refractivity contribution >= 4 is 0 Å². The lowest BCUT2D eigenvalue weighted by Gasteiger charge is -2.39. The van der Waals surface area contributed by atoms with E-state index in [4.69, 9.17) is 0 Å². The summed E-state index contributed by atoms with van der Waals surface area (Å²) < 4.78 is 0. The fourth-order valence-corrected chi connectivity index (χ4v) is 2.80. The van der Waals surface area contributed by atoms with Crippen molar-refractivity contribution in [3.63, 3.8) is 0 Å². The molecule has 0 aromatic heterocycles. The van der Waals surface area contributed by atoms with Crippen LogP contribution < -0.4 is 5.32 Å². The maximum Gasteiger partial charge on any atom is 0.0110 e. The van der Waals surface area contributed by atoms with Crippen LogP contribution in [0.1, 0.15) is 51.9 Å². The van der Waals surface area contributed by atoms with Gasteiger partial charge in [-0.25, -0.2) is 0 Å². The Morgan fingerprint density at radius 2 is 1.80 bits per heavy atom. The molecule has 0 aromatic rings. The third kappa shape index (κ3) is 3.46. The quantitative estimate of drug-likeness (QED) is 0.717. The molecule has 2 heteroatoms. The number of nitrogens with one attached hydrogen (secondary N) is 1. The number of rotatable bonds is 4. The minimum Gasteiger partial charge on any atom is -0.313 e. The Morgan fingerprint density at radius 1 is 1.07 bits per heavy atom. The van der Waals surface area contributed by atoms with Gasteiger partial charge in [-0.3, -0.25) is 4.90 Å². The smallest absolute Gasteiger partial charge is 0.0110 e. The summed E-state index contributed by atoms with van der Waals surface area (Å²) in [5.74, 6) is 0. The first-order chi connectivity index (χ1) is 7.36. The molecule has 0 amide bonds. The number of likely N-dealkylation sites (tertiary alicyclic amines) is 1. The molecule has 88 valence electrons. The first kappa shape index (κ1) is 11.4. The van der Waals surface area contributed by atoms with Crippen LogP contribution in [-0.4, -0.2) is 36.6 Å². The molecule has 1 saturated carbocycles. The van der Waals surface area contributed by atoms with Crippen LogP contribution in [0.25, 0.3) is 0 Å². The lowest BCUT2D eigenvalue weighted by molar-refractivity contribution is 0.105. The van der Waals surface area contributed by atoms with Gasteiger partial charge < -0.3 is 5.32 Å². The first-order valence-electron chi connectivity index (χ1n) is 6.83. The van der Waals surface area contributed by atoms with Gasteiger partial charge in [0, 0.05) is 25.2 Å². The van der Waals surface area contributed by atoms with E-state index in [1.54, 1.807) is 0 Å². The molecular formula is C13H26N2. The molecule has 2 nitrogen and oxygen atoms in total. The zero-order valence-corrected chi connectivity index (χ0v) is 10.2. The van der Waals surface area contributed by atoms with Gasteiger partial charge in [0.15, 0.2) is 0 Å². The predicted molar refractivity (Wildman–Crippen MR) is 65.1 cm³/mol. The van der Waals surface area contributed by atoms with Crippen LogP contribution in [0.2, 0.25) is 0 Å². The highest BCUT2D eigenvalue weighted by atomic mass is 15.2. The molecule has 0 spiro atoms. The van der Waals surface area contributed by atoms with E-state index in [1.165, 1.54) is 64.6 Å².